The van der Waals surface area contributed by atoms with E-state index in [2.05, 4.69) is 10.4 Å². The van der Waals surface area contributed by atoms with Gasteiger partial charge in [0.05, 0.1) is 13.2 Å². The van der Waals surface area contributed by atoms with E-state index >= 15 is 0 Å². The van der Waals surface area contributed by atoms with Crippen molar-refractivity contribution in [1.82, 2.24) is 15.1 Å². The summed E-state index contributed by atoms with van der Waals surface area (Å²) in [5.41, 5.74) is 0.338. The van der Waals surface area contributed by atoms with Gasteiger partial charge in [0, 0.05) is 25.6 Å². The quantitative estimate of drug-likeness (QED) is 0.842. The molecular formula is C13H21N3O3. The van der Waals surface area contributed by atoms with Gasteiger partial charge in [-0.2, -0.15) is 5.10 Å². The summed E-state index contributed by atoms with van der Waals surface area (Å²) in [6.07, 6.45) is 3.69. The van der Waals surface area contributed by atoms with Gasteiger partial charge < -0.3 is 15.2 Å². The topological polar surface area (TPSA) is 76.4 Å². The molecule has 1 aromatic heterocycles. The van der Waals surface area contributed by atoms with Crippen molar-refractivity contribution >= 4 is 5.91 Å². The molecule has 0 bridgehead atoms. The summed E-state index contributed by atoms with van der Waals surface area (Å²) in [6.45, 7) is 0.499. The highest BCUT2D eigenvalue weighted by molar-refractivity contribution is 5.92. The second-order valence-corrected chi connectivity index (χ2v) is 5.02. The van der Waals surface area contributed by atoms with Crippen LogP contribution in [-0.2, 0) is 7.05 Å². The summed E-state index contributed by atoms with van der Waals surface area (Å²) in [5.74, 6) is 0.475. The first kappa shape index (κ1) is 13.9. The van der Waals surface area contributed by atoms with Gasteiger partial charge in [-0.1, -0.05) is 12.8 Å². The Hall–Kier alpha value is -1.56. The molecule has 1 heterocycles. The Morgan fingerprint density at radius 1 is 1.58 bits per heavy atom. The minimum Gasteiger partial charge on any atom is -0.481 e. The fourth-order valence-electron chi connectivity index (χ4n) is 2.49. The minimum atomic E-state index is -0.299. The lowest BCUT2D eigenvalue weighted by Crippen LogP contribution is -2.36. The molecule has 6 nitrogen and oxygen atoms in total. The summed E-state index contributed by atoms with van der Waals surface area (Å²) in [5, 5.41) is 16.8. The zero-order chi connectivity index (χ0) is 13.8. The minimum absolute atomic E-state index is 0.156. The van der Waals surface area contributed by atoms with Crippen LogP contribution < -0.4 is 10.1 Å². The van der Waals surface area contributed by atoms with Crippen LogP contribution in [0.4, 0.5) is 0 Å². The van der Waals surface area contributed by atoms with E-state index in [9.17, 15) is 9.90 Å². The molecule has 0 spiro atoms. The Balaban J connectivity index is 1.89. The molecule has 0 aliphatic heterocycles. The van der Waals surface area contributed by atoms with Gasteiger partial charge >= 0.3 is 0 Å². The molecule has 0 saturated heterocycles. The third kappa shape index (κ3) is 3.26. The molecule has 6 heteroatoms. The maximum atomic E-state index is 12.0. The number of hydrogen-bond acceptors (Lipinski definition) is 4. The first-order valence-electron chi connectivity index (χ1n) is 6.66. The van der Waals surface area contributed by atoms with Crippen LogP contribution in [0.25, 0.3) is 0 Å². The number of carbonyl (C=O) groups is 1. The summed E-state index contributed by atoms with van der Waals surface area (Å²) >= 11 is 0. The molecule has 1 fully saturated rings. The van der Waals surface area contributed by atoms with E-state index in [-0.39, 0.29) is 17.9 Å². The molecule has 106 valence electrons. The highest BCUT2D eigenvalue weighted by Crippen LogP contribution is 2.23. The lowest BCUT2D eigenvalue weighted by molar-refractivity contribution is 0.0661. The SMILES string of the molecule is COc1cc(C(=O)NC[C@@H]2CCCC[C@H]2O)nn1C. The van der Waals surface area contributed by atoms with Crippen molar-refractivity contribution in [2.45, 2.75) is 31.8 Å². The molecule has 2 rings (SSSR count). The average molecular weight is 267 g/mol. The molecule has 2 atom stereocenters. The number of aromatic nitrogens is 2. The number of ether oxygens (including phenoxy) is 1. The maximum absolute atomic E-state index is 12.0. The molecular weight excluding hydrogens is 246 g/mol. The normalized spacial score (nSPS) is 23.1. The van der Waals surface area contributed by atoms with Gasteiger partial charge in [-0.3, -0.25) is 4.79 Å². The number of nitrogens with zero attached hydrogens (tertiary/aromatic N) is 2. The molecule has 1 aliphatic carbocycles. The molecule has 19 heavy (non-hydrogen) atoms. The standard InChI is InChI=1S/C13H21N3O3/c1-16-12(19-2)7-10(15-16)13(18)14-8-9-5-3-4-6-11(9)17/h7,9,11,17H,3-6,8H2,1-2H3,(H,14,18)/t9-,11+/m0/s1. The maximum Gasteiger partial charge on any atom is 0.271 e. The summed E-state index contributed by atoms with van der Waals surface area (Å²) < 4.78 is 6.59. The number of aliphatic hydroxyl groups excluding tert-OH is 1. The van der Waals surface area contributed by atoms with Crippen molar-refractivity contribution in [3.8, 4) is 5.88 Å². The number of hydrogen-bond donors (Lipinski definition) is 2. The smallest absolute Gasteiger partial charge is 0.271 e. The summed E-state index contributed by atoms with van der Waals surface area (Å²) in [7, 11) is 3.26. The molecule has 1 aromatic rings. The molecule has 1 aliphatic rings. The Morgan fingerprint density at radius 3 is 2.95 bits per heavy atom. The third-order valence-corrected chi connectivity index (χ3v) is 3.67. The Morgan fingerprint density at radius 2 is 2.32 bits per heavy atom. The average Bonchev–Trinajstić information content (AvgIpc) is 2.79. The van der Waals surface area contributed by atoms with Gasteiger partial charge in [0.25, 0.3) is 5.91 Å². The molecule has 1 amide bonds. The van der Waals surface area contributed by atoms with Crippen LogP contribution in [0.15, 0.2) is 6.07 Å². The number of aliphatic hydroxyl groups is 1. The van der Waals surface area contributed by atoms with Crippen molar-refractivity contribution in [2.24, 2.45) is 13.0 Å². The van der Waals surface area contributed by atoms with Gasteiger partial charge in [-0.15, -0.1) is 0 Å². The van der Waals surface area contributed by atoms with E-state index in [1.807, 2.05) is 0 Å². The van der Waals surface area contributed by atoms with Crippen molar-refractivity contribution in [2.75, 3.05) is 13.7 Å². The summed E-state index contributed by atoms with van der Waals surface area (Å²) in [6, 6.07) is 1.60. The Bertz CT molecular complexity index is 444. The first-order valence-corrected chi connectivity index (χ1v) is 6.66. The van der Waals surface area contributed by atoms with Gasteiger partial charge in [0.1, 0.15) is 0 Å². The number of methoxy groups -OCH3 is 1. The fraction of sp³-hybridized carbons (Fsp3) is 0.692. The van der Waals surface area contributed by atoms with Crippen molar-refractivity contribution in [1.29, 1.82) is 0 Å². The van der Waals surface area contributed by atoms with Crippen molar-refractivity contribution in [3.05, 3.63) is 11.8 Å². The second-order valence-electron chi connectivity index (χ2n) is 5.02. The monoisotopic (exact) mass is 267 g/mol. The van der Waals surface area contributed by atoms with Crippen LogP contribution in [0.1, 0.15) is 36.2 Å². The van der Waals surface area contributed by atoms with Crippen LogP contribution in [0, 0.1) is 5.92 Å². The predicted octanol–water partition coefficient (Wildman–Crippen LogP) is 0.710. The van der Waals surface area contributed by atoms with Crippen molar-refractivity contribution in [3.63, 3.8) is 0 Å². The number of nitrogens with one attached hydrogen (secondary N) is 1. The van der Waals surface area contributed by atoms with Crippen LogP contribution in [0.2, 0.25) is 0 Å². The van der Waals surface area contributed by atoms with Crippen LogP contribution in [0.5, 0.6) is 5.88 Å². The zero-order valence-corrected chi connectivity index (χ0v) is 11.4. The van der Waals surface area contributed by atoms with E-state index in [1.54, 1.807) is 13.1 Å². The lowest BCUT2D eigenvalue weighted by atomic mass is 9.86. The lowest BCUT2D eigenvalue weighted by Gasteiger charge is -2.27. The van der Waals surface area contributed by atoms with Crippen LogP contribution >= 0.6 is 0 Å². The predicted molar refractivity (Wildman–Crippen MR) is 70.1 cm³/mol. The van der Waals surface area contributed by atoms with E-state index in [0.717, 1.165) is 25.7 Å². The molecule has 0 radical (unpaired) electrons. The van der Waals surface area contributed by atoms with Gasteiger partial charge in [0.2, 0.25) is 5.88 Å². The largest absolute Gasteiger partial charge is 0.481 e. The first-order chi connectivity index (χ1) is 9.11. The third-order valence-electron chi connectivity index (χ3n) is 3.67. The van der Waals surface area contributed by atoms with E-state index < -0.39 is 0 Å². The Labute approximate surface area is 112 Å². The molecule has 2 N–H and O–H groups in total. The Kier molecular flexibility index (Phi) is 4.42. The highest BCUT2D eigenvalue weighted by atomic mass is 16.5. The molecule has 0 aromatic carbocycles. The van der Waals surface area contributed by atoms with Gasteiger partial charge in [-0.05, 0) is 12.8 Å². The number of carbonyl (C=O) groups excluding carboxylic acids is 1. The van der Waals surface area contributed by atoms with Gasteiger partial charge in [-0.25, -0.2) is 4.68 Å². The second kappa shape index (κ2) is 6.06. The molecule has 1 saturated carbocycles. The number of rotatable bonds is 4. The zero-order valence-electron chi connectivity index (χ0n) is 11.4. The van der Waals surface area contributed by atoms with E-state index in [1.165, 1.54) is 11.8 Å². The van der Waals surface area contributed by atoms with Crippen molar-refractivity contribution < 1.29 is 14.6 Å². The summed E-state index contributed by atoms with van der Waals surface area (Å²) in [4.78, 5) is 12.0. The van der Waals surface area contributed by atoms with Crippen LogP contribution in [0.3, 0.4) is 0 Å². The number of aryl methyl sites for hydroxylation is 1. The fourth-order valence-corrected chi connectivity index (χ4v) is 2.49. The highest BCUT2D eigenvalue weighted by Gasteiger charge is 2.24. The van der Waals surface area contributed by atoms with Gasteiger partial charge in [0.15, 0.2) is 5.69 Å². The van der Waals surface area contributed by atoms with E-state index in [4.69, 9.17) is 4.74 Å². The van der Waals surface area contributed by atoms with E-state index in [0.29, 0.717) is 18.1 Å². The molecule has 0 unspecified atom stereocenters. The number of amides is 1. The van der Waals surface area contributed by atoms with Crippen LogP contribution in [-0.4, -0.2) is 40.6 Å².